The molecular formula is C16H14FNO. The third kappa shape index (κ3) is 3.52. The Hall–Kier alpha value is -2.42. The van der Waals surface area contributed by atoms with Crippen molar-refractivity contribution in [1.82, 2.24) is 0 Å². The fourth-order valence-electron chi connectivity index (χ4n) is 1.64. The van der Waals surface area contributed by atoms with Crippen LogP contribution in [-0.2, 0) is 0 Å². The van der Waals surface area contributed by atoms with Gasteiger partial charge in [0.05, 0.1) is 0 Å². The maximum Gasteiger partial charge on any atom is 0.185 e. The van der Waals surface area contributed by atoms with E-state index in [1.165, 1.54) is 30.3 Å². The molecule has 0 heterocycles. The summed E-state index contributed by atoms with van der Waals surface area (Å²) >= 11 is 0. The van der Waals surface area contributed by atoms with E-state index in [1.54, 1.807) is 6.08 Å². The summed E-state index contributed by atoms with van der Waals surface area (Å²) in [6.45, 7) is 0. The highest BCUT2D eigenvalue weighted by atomic mass is 19.1. The zero-order valence-corrected chi connectivity index (χ0v) is 10.6. The van der Waals surface area contributed by atoms with Gasteiger partial charge in [-0.15, -0.1) is 0 Å². The Kier molecular flexibility index (Phi) is 4.08. The quantitative estimate of drug-likeness (QED) is 0.665. The fraction of sp³-hybridized carbons (Fsp3) is 0.0625. The Morgan fingerprint density at radius 1 is 1.05 bits per heavy atom. The number of hydrogen-bond acceptors (Lipinski definition) is 2. The minimum atomic E-state index is -0.344. The molecule has 0 spiro atoms. The predicted octanol–water partition coefficient (Wildman–Crippen LogP) is 3.76. The lowest BCUT2D eigenvalue weighted by Gasteiger charge is -1.99. The summed E-state index contributed by atoms with van der Waals surface area (Å²) in [7, 11) is 1.85. The van der Waals surface area contributed by atoms with Crippen molar-refractivity contribution in [3.8, 4) is 0 Å². The van der Waals surface area contributed by atoms with Crippen LogP contribution in [-0.4, -0.2) is 12.8 Å². The van der Waals surface area contributed by atoms with Gasteiger partial charge in [-0.2, -0.15) is 0 Å². The molecule has 0 aliphatic carbocycles. The first kappa shape index (κ1) is 13.0. The number of hydrogen-bond donors (Lipinski definition) is 1. The molecule has 0 saturated heterocycles. The second-order valence-corrected chi connectivity index (χ2v) is 4.08. The standard InChI is InChI=1S/C16H14FNO/c1-18-15-9-2-12(3-10-15)4-11-16(19)13-5-7-14(17)8-6-13/h2-11,18H,1H3/b11-4+. The second-order valence-electron chi connectivity index (χ2n) is 4.08. The van der Waals surface area contributed by atoms with Gasteiger partial charge in [0, 0.05) is 18.3 Å². The second kappa shape index (κ2) is 5.96. The van der Waals surface area contributed by atoms with Gasteiger partial charge in [-0.25, -0.2) is 4.39 Å². The summed E-state index contributed by atoms with van der Waals surface area (Å²) in [4.78, 5) is 11.8. The lowest BCUT2D eigenvalue weighted by Crippen LogP contribution is -1.93. The summed E-state index contributed by atoms with van der Waals surface area (Å²) in [5.74, 6) is -0.485. The maximum atomic E-state index is 12.7. The van der Waals surface area contributed by atoms with E-state index in [9.17, 15) is 9.18 Å². The molecule has 1 N–H and O–H groups in total. The van der Waals surface area contributed by atoms with Crippen molar-refractivity contribution < 1.29 is 9.18 Å². The maximum absolute atomic E-state index is 12.7. The average Bonchev–Trinajstić information content (AvgIpc) is 2.46. The van der Waals surface area contributed by atoms with E-state index in [0.29, 0.717) is 5.56 Å². The zero-order valence-electron chi connectivity index (χ0n) is 10.6. The van der Waals surface area contributed by atoms with Crippen LogP contribution in [0, 0.1) is 5.82 Å². The molecule has 2 rings (SSSR count). The highest BCUT2D eigenvalue weighted by molar-refractivity contribution is 6.06. The van der Waals surface area contributed by atoms with Gasteiger partial charge in [-0.05, 0) is 48.0 Å². The van der Waals surface area contributed by atoms with Crippen molar-refractivity contribution in [3.63, 3.8) is 0 Å². The SMILES string of the molecule is CNc1ccc(/C=C/C(=O)c2ccc(F)cc2)cc1. The van der Waals surface area contributed by atoms with Crippen molar-refractivity contribution in [2.75, 3.05) is 12.4 Å². The first-order chi connectivity index (χ1) is 9.19. The molecule has 2 nitrogen and oxygen atoms in total. The molecule has 2 aromatic rings. The summed E-state index contributed by atoms with van der Waals surface area (Å²) in [6.07, 6.45) is 3.23. The first-order valence-corrected chi connectivity index (χ1v) is 5.95. The van der Waals surface area contributed by atoms with E-state index in [2.05, 4.69) is 5.32 Å². The average molecular weight is 255 g/mol. The topological polar surface area (TPSA) is 29.1 Å². The van der Waals surface area contributed by atoms with Crippen LogP contribution in [0.15, 0.2) is 54.6 Å². The summed E-state index contributed by atoms with van der Waals surface area (Å²) < 4.78 is 12.7. The van der Waals surface area contributed by atoms with Gasteiger partial charge in [0.25, 0.3) is 0 Å². The van der Waals surface area contributed by atoms with Crippen molar-refractivity contribution >= 4 is 17.5 Å². The van der Waals surface area contributed by atoms with E-state index in [0.717, 1.165) is 11.3 Å². The molecule has 96 valence electrons. The van der Waals surface area contributed by atoms with Gasteiger partial charge in [0.1, 0.15) is 5.82 Å². The van der Waals surface area contributed by atoms with Crippen molar-refractivity contribution in [1.29, 1.82) is 0 Å². The van der Waals surface area contributed by atoms with Crippen LogP contribution < -0.4 is 5.32 Å². The minimum absolute atomic E-state index is 0.141. The number of carbonyl (C=O) groups is 1. The van der Waals surface area contributed by atoms with Crippen LogP contribution in [0.1, 0.15) is 15.9 Å². The molecule has 3 heteroatoms. The molecule has 0 aliphatic heterocycles. The molecule has 0 aromatic heterocycles. The Morgan fingerprint density at radius 3 is 2.26 bits per heavy atom. The molecule has 0 bridgehead atoms. The Labute approximate surface area is 111 Å². The van der Waals surface area contributed by atoms with E-state index in [4.69, 9.17) is 0 Å². The third-order valence-corrected chi connectivity index (χ3v) is 2.76. The van der Waals surface area contributed by atoms with Crippen molar-refractivity contribution in [2.45, 2.75) is 0 Å². The molecule has 0 fully saturated rings. The van der Waals surface area contributed by atoms with Gasteiger partial charge < -0.3 is 5.32 Å². The van der Waals surface area contributed by atoms with Crippen LogP contribution in [0.4, 0.5) is 10.1 Å². The zero-order chi connectivity index (χ0) is 13.7. The van der Waals surface area contributed by atoms with Gasteiger partial charge in [-0.3, -0.25) is 4.79 Å². The number of benzene rings is 2. The van der Waals surface area contributed by atoms with Gasteiger partial charge in [0.15, 0.2) is 5.78 Å². The smallest absolute Gasteiger partial charge is 0.185 e. The lowest BCUT2D eigenvalue weighted by molar-refractivity contribution is 0.104. The number of rotatable bonds is 4. The molecule has 0 atom stereocenters. The number of anilines is 1. The van der Waals surface area contributed by atoms with Gasteiger partial charge >= 0.3 is 0 Å². The van der Waals surface area contributed by atoms with Crippen molar-refractivity contribution in [2.24, 2.45) is 0 Å². The Balaban J connectivity index is 2.08. The molecule has 0 aliphatic rings. The molecular weight excluding hydrogens is 241 g/mol. The number of halogens is 1. The highest BCUT2D eigenvalue weighted by Crippen LogP contribution is 2.11. The number of allylic oxidation sites excluding steroid dienone is 1. The third-order valence-electron chi connectivity index (χ3n) is 2.76. The number of ketones is 1. The van der Waals surface area contributed by atoms with Crippen LogP contribution in [0.25, 0.3) is 6.08 Å². The van der Waals surface area contributed by atoms with Gasteiger partial charge in [0.2, 0.25) is 0 Å². The van der Waals surface area contributed by atoms with E-state index in [1.807, 2.05) is 31.3 Å². The lowest BCUT2D eigenvalue weighted by atomic mass is 10.1. The van der Waals surface area contributed by atoms with Gasteiger partial charge in [-0.1, -0.05) is 18.2 Å². The monoisotopic (exact) mass is 255 g/mol. The van der Waals surface area contributed by atoms with E-state index < -0.39 is 0 Å². The normalized spacial score (nSPS) is 10.6. The van der Waals surface area contributed by atoms with E-state index >= 15 is 0 Å². The first-order valence-electron chi connectivity index (χ1n) is 5.95. The van der Waals surface area contributed by atoms with Crippen LogP contribution in [0.3, 0.4) is 0 Å². The number of carbonyl (C=O) groups excluding carboxylic acids is 1. The largest absolute Gasteiger partial charge is 0.388 e. The predicted molar refractivity (Wildman–Crippen MR) is 75.8 cm³/mol. The molecule has 0 radical (unpaired) electrons. The molecule has 19 heavy (non-hydrogen) atoms. The van der Waals surface area contributed by atoms with Crippen molar-refractivity contribution in [3.05, 3.63) is 71.6 Å². The molecule has 2 aromatic carbocycles. The summed E-state index contributed by atoms with van der Waals surface area (Å²) in [5.41, 5.74) is 2.43. The molecule has 0 amide bonds. The fourth-order valence-corrected chi connectivity index (χ4v) is 1.64. The van der Waals surface area contributed by atoms with Crippen LogP contribution in [0.2, 0.25) is 0 Å². The van der Waals surface area contributed by atoms with Crippen LogP contribution >= 0.6 is 0 Å². The van der Waals surface area contributed by atoms with E-state index in [-0.39, 0.29) is 11.6 Å². The van der Waals surface area contributed by atoms with Crippen LogP contribution in [0.5, 0.6) is 0 Å². The molecule has 0 saturated carbocycles. The highest BCUT2D eigenvalue weighted by Gasteiger charge is 2.01. The summed E-state index contributed by atoms with van der Waals surface area (Å²) in [6, 6.07) is 13.2. The Morgan fingerprint density at radius 2 is 1.68 bits per heavy atom. The number of nitrogens with one attached hydrogen (secondary N) is 1. The Bertz CT molecular complexity index is 585. The minimum Gasteiger partial charge on any atom is -0.388 e. The summed E-state index contributed by atoms with van der Waals surface area (Å²) in [5, 5.41) is 3.02. The molecule has 0 unspecified atom stereocenters.